The van der Waals surface area contributed by atoms with Crippen molar-refractivity contribution in [3.8, 4) is 0 Å². The fraction of sp³-hybridized carbons (Fsp3) is 1.00. The van der Waals surface area contributed by atoms with Crippen LogP contribution in [0.15, 0.2) is 0 Å². The molecule has 0 saturated heterocycles. The molecule has 0 aliphatic carbocycles. The van der Waals surface area contributed by atoms with Gasteiger partial charge in [-0.15, -0.1) is 0 Å². The van der Waals surface area contributed by atoms with E-state index in [1.165, 1.54) is 0 Å². The average Bonchev–Trinajstić information content (AvgIpc) is 2.13. The molecule has 1 atom stereocenters. The monoisotopic (exact) mass is 256 g/mol. The van der Waals surface area contributed by atoms with Crippen molar-refractivity contribution in [1.82, 2.24) is 0 Å². The van der Waals surface area contributed by atoms with Crippen molar-refractivity contribution < 1.29 is 22.8 Å². The minimum absolute atomic E-state index is 0.289. The van der Waals surface area contributed by atoms with Crippen molar-refractivity contribution in [1.29, 1.82) is 0 Å². The smallest absolute Gasteiger partial charge is 0.334 e. The number of rotatable bonds is 9. The van der Waals surface area contributed by atoms with Gasteiger partial charge in [-0.05, 0) is 32.9 Å². The molecule has 0 rings (SSSR count). The lowest BCUT2D eigenvalue weighted by atomic mass is 10.5. The van der Waals surface area contributed by atoms with Crippen LogP contribution in [0.3, 0.4) is 0 Å². The molecule has 0 spiro atoms. The van der Waals surface area contributed by atoms with Gasteiger partial charge < -0.3 is 18.3 Å². The lowest BCUT2D eigenvalue weighted by Gasteiger charge is -2.25. The summed E-state index contributed by atoms with van der Waals surface area (Å²) in [7, 11) is -4.87. The second-order valence-electron chi connectivity index (χ2n) is 3.22. The Morgan fingerprint density at radius 1 is 1.27 bits per heavy atom. The number of hydrogen-bond acceptors (Lipinski definition) is 4. The van der Waals surface area contributed by atoms with Crippen molar-refractivity contribution in [2.24, 2.45) is 0 Å². The second kappa shape index (κ2) is 8.44. The van der Waals surface area contributed by atoms with Crippen molar-refractivity contribution in [3.05, 3.63) is 0 Å². The number of hydrogen-bond donors (Lipinski definition) is 1. The maximum atomic E-state index is 10.3. The van der Waals surface area contributed by atoms with Crippen molar-refractivity contribution in [2.75, 3.05) is 19.8 Å². The Morgan fingerprint density at radius 2 is 1.80 bits per heavy atom. The first-order valence-electron chi connectivity index (χ1n) is 5.17. The zero-order valence-electron chi connectivity index (χ0n) is 9.62. The van der Waals surface area contributed by atoms with E-state index >= 15 is 0 Å². The molecule has 15 heavy (non-hydrogen) atoms. The zero-order valence-corrected chi connectivity index (χ0v) is 11.6. The lowest BCUT2D eigenvalue weighted by Crippen LogP contribution is -2.38. The standard InChI is InChI=1S/C8H21O5PSi/c1-4-12-15(3,13-5-2)8-6-7-11-14(9)10/h14H,4-8H2,1-3H3,(H,9,10). The van der Waals surface area contributed by atoms with Crippen LogP contribution >= 0.6 is 8.25 Å². The third-order valence-corrected chi connectivity index (χ3v) is 5.41. The molecule has 1 N–H and O–H groups in total. The van der Waals surface area contributed by atoms with Gasteiger partial charge in [0, 0.05) is 13.2 Å². The van der Waals surface area contributed by atoms with E-state index in [2.05, 4.69) is 4.52 Å². The van der Waals surface area contributed by atoms with Crippen LogP contribution in [0.2, 0.25) is 12.6 Å². The topological polar surface area (TPSA) is 65.0 Å². The van der Waals surface area contributed by atoms with E-state index in [-0.39, 0.29) is 6.61 Å². The van der Waals surface area contributed by atoms with Crippen LogP contribution in [-0.2, 0) is 17.9 Å². The Bertz CT molecular complexity index is 184. The van der Waals surface area contributed by atoms with Crippen LogP contribution in [-0.4, -0.2) is 33.3 Å². The largest absolute Gasteiger partial charge is 0.395 e. The first-order valence-corrected chi connectivity index (χ1v) is 8.96. The Kier molecular flexibility index (Phi) is 8.60. The molecule has 1 unspecified atom stereocenters. The van der Waals surface area contributed by atoms with Gasteiger partial charge in [-0.1, -0.05) is 0 Å². The van der Waals surface area contributed by atoms with Crippen molar-refractivity contribution in [2.45, 2.75) is 32.9 Å². The van der Waals surface area contributed by atoms with Crippen molar-refractivity contribution >= 4 is 16.8 Å². The Balaban J connectivity index is 3.79. The third-order valence-electron chi connectivity index (χ3n) is 1.90. The fourth-order valence-electron chi connectivity index (χ4n) is 1.35. The molecule has 92 valence electrons. The molecule has 0 bridgehead atoms. The zero-order chi connectivity index (χ0) is 11.7. The van der Waals surface area contributed by atoms with Crippen LogP contribution in [0.4, 0.5) is 0 Å². The minimum atomic E-state index is -2.79. The van der Waals surface area contributed by atoms with Gasteiger partial charge in [0.2, 0.25) is 0 Å². The van der Waals surface area contributed by atoms with Crippen LogP contribution in [0, 0.1) is 0 Å². The quantitative estimate of drug-likeness (QED) is 0.388. The van der Waals surface area contributed by atoms with Gasteiger partial charge in [0.1, 0.15) is 0 Å². The first kappa shape index (κ1) is 15.3. The third kappa shape index (κ3) is 8.13. The van der Waals surface area contributed by atoms with E-state index in [1.807, 2.05) is 20.4 Å². The lowest BCUT2D eigenvalue weighted by molar-refractivity contribution is 0.185. The molecule has 0 saturated carbocycles. The summed E-state index contributed by atoms with van der Waals surface area (Å²) in [5.74, 6) is 0. The fourth-order valence-corrected chi connectivity index (χ4v) is 4.05. The van der Waals surface area contributed by atoms with E-state index in [1.54, 1.807) is 0 Å². The molecule has 0 amide bonds. The summed E-state index contributed by atoms with van der Waals surface area (Å²) in [5.41, 5.74) is 0. The summed E-state index contributed by atoms with van der Waals surface area (Å²) in [6.07, 6.45) is 0.694. The van der Waals surface area contributed by atoms with Gasteiger partial charge in [0.05, 0.1) is 6.61 Å². The molecule has 0 aliphatic heterocycles. The molecule has 0 aliphatic rings. The maximum Gasteiger partial charge on any atom is 0.334 e. The van der Waals surface area contributed by atoms with Gasteiger partial charge >= 0.3 is 16.8 Å². The maximum absolute atomic E-state index is 10.3. The molecule has 0 heterocycles. The van der Waals surface area contributed by atoms with Crippen molar-refractivity contribution in [3.63, 3.8) is 0 Å². The average molecular weight is 256 g/mol. The Hall–Kier alpha value is 0.287. The van der Waals surface area contributed by atoms with Crippen LogP contribution in [0.5, 0.6) is 0 Å². The highest BCUT2D eigenvalue weighted by Gasteiger charge is 2.29. The van der Waals surface area contributed by atoms with Crippen LogP contribution in [0.25, 0.3) is 0 Å². The summed E-state index contributed by atoms with van der Waals surface area (Å²) in [6, 6.07) is 0.782. The van der Waals surface area contributed by atoms with E-state index in [4.69, 9.17) is 13.7 Å². The van der Waals surface area contributed by atoms with E-state index in [0.29, 0.717) is 19.6 Å². The predicted molar refractivity (Wildman–Crippen MR) is 61.5 cm³/mol. The predicted octanol–water partition coefficient (Wildman–Crippen LogP) is 1.92. The Labute approximate surface area is 92.9 Å². The molecule has 0 aromatic heterocycles. The molecular weight excluding hydrogens is 235 g/mol. The molecule has 0 fully saturated rings. The van der Waals surface area contributed by atoms with Crippen LogP contribution in [0.1, 0.15) is 20.3 Å². The summed E-state index contributed by atoms with van der Waals surface area (Å²) in [5, 5.41) is 0. The highest BCUT2D eigenvalue weighted by molar-refractivity contribution is 7.32. The molecule has 0 aromatic rings. The van der Waals surface area contributed by atoms with Crippen LogP contribution < -0.4 is 0 Å². The van der Waals surface area contributed by atoms with Gasteiger partial charge in [-0.3, -0.25) is 4.57 Å². The highest BCUT2D eigenvalue weighted by atomic mass is 31.1. The van der Waals surface area contributed by atoms with Gasteiger partial charge in [-0.2, -0.15) is 0 Å². The van der Waals surface area contributed by atoms with E-state index < -0.39 is 16.8 Å². The molecular formula is C8H21O5PSi. The van der Waals surface area contributed by atoms with E-state index in [0.717, 1.165) is 6.04 Å². The summed E-state index contributed by atoms with van der Waals surface area (Å²) in [6.45, 7) is 7.44. The molecule has 5 nitrogen and oxygen atoms in total. The Morgan fingerprint density at radius 3 is 2.20 bits per heavy atom. The summed E-state index contributed by atoms with van der Waals surface area (Å²) < 4.78 is 26.1. The second-order valence-corrected chi connectivity index (χ2v) is 7.38. The summed E-state index contributed by atoms with van der Waals surface area (Å²) in [4.78, 5) is 8.46. The highest BCUT2D eigenvalue weighted by Crippen LogP contribution is 2.19. The SMILES string of the molecule is CCO[Si](C)(CCCO[PH](=O)O)OCC. The minimum Gasteiger partial charge on any atom is -0.395 e. The molecule has 0 radical (unpaired) electrons. The summed E-state index contributed by atoms with van der Waals surface area (Å²) >= 11 is 0. The van der Waals surface area contributed by atoms with Gasteiger partial charge in [0.15, 0.2) is 0 Å². The molecule has 7 heteroatoms. The van der Waals surface area contributed by atoms with Gasteiger partial charge in [-0.25, -0.2) is 0 Å². The van der Waals surface area contributed by atoms with Gasteiger partial charge in [0.25, 0.3) is 0 Å². The molecule has 0 aromatic carbocycles. The normalized spacial score (nSPS) is 14.1. The van der Waals surface area contributed by atoms with E-state index in [9.17, 15) is 4.57 Å². The first-order chi connectivity index (χ1) is 7.04.